The van der Waals surface area contributed by atoms with Crippen molar-refractivity contribution in [1.82, 2.24) is 15.5 Å². The maximum atomic E-state index is 12.7. The molecule has 2 aliphatic heterocycles. The molecule has 0 saturated carbocycles. The summed E-state index contributed by atoms with van der Waals surface area (Å²) < 4.78 is 10.7. The van der Waals surface area contributed by atoms with Gasteiger partial charge in [0.25, 0.3) is 5.91 Å². The number of amides is 1. The molecule has 7 heteroatoms. The Hall–Kier alpha value is -3.61. The molecular formula is C23H22N4O3. The number of ether oxygens (including phenoxy) is 2. The number of anilines is 1. The van der Waals surface area contributed by atoms with Crippen LogP contribution >= 0.6 is 0 Å². The average molecular weight is 402 g/mol. The fraction of sp³-hybridized carbons (Fsp3) is 0.261. The number of fused-ring (bicyclic) bond motifs is 1. The summed E-state index contributed by atoms with van der Waals surface area (Å²) in [6.45, 7) is 2.71. The van der Waals surface area contributed by atoms with Gasteiger partial charge in [-0.2, -0.15) is 0 Å². The van der Waals surface area contributed by atoms with Crippen LogP contribution in [-0.4, -0.2) is 36.0 Å². The zero-order valence-electron chi connectivity index (χ0n) is 16.5. The van der Waals surface area contributed by atoms with E-state index in [2.05, 4.69) is 20.4 Å². The van der Waals surface area contributed by atoms with E-state index in [1.807, 2.05) is 48.5 Å². The molecule has 0 unspecified atom stereocenters. The Morgan fingerprint density at radius 2 is 1.83 bits per heavy atom. The standard InChI is InChI=1S/C23H22N4O3/c28-23(24-14-16-6-8-20-21(12-16)30-15-29-20)18-5-3-4-17(13-18)19-7-9-22(26-25-19)27-10-1-2-11-27/h3-9,12-13H,1-2,10-11,14-15H2,(H,24,28). The summed E-state index contributed by atoms with van der Waals surface area (Å²) in [7, 11) is 0. The lowest BCUT2D eigenvalue weighted by molar-refractivity contribution is 0.0951. The Morgan fingerprint density at radius 3 is 2.67 bits per heavy atom. The van der Waals surface area contributed by atoms with Crippen LogP contribution in [0.3, 0.4) is 0 Å². The van der Waals surface area contributed by atoms with Crippen molar-refractivity contribution in [3.8, 4) is 22.8 Å². The van der Waals surface area contributed by atoms with Crippen molar-refractivity contribution in [2.75, 3.05) is 24.8 Å². The molecule has 0 spiro atoms. The summed E-state index contributed by atoms with van der Waals surface area (Å²) in [6, 6.07) is 17.1. The third-order valence-electron chi connectivity index (χ3n) is 5.39. The highest BCUT2D eigenvalue weighted by molar-refractivity contribution is 5.95. The van der Waals surface area contributed by atoms with Gasteiger partial charge in [-0.1, -0.05) is 18.2 Å². The predicted octanol–water partition coefficient (Wildman–Crippen LogP) is 3.40. The van der Waals surface area contributed by atoms with Crippen molar-refractivity contribution >= 4 is 11.7 Å². The molecule has 0 aliphatic carbocycles. The number of rotatable bonds is 5. The SMILES string of the molecule is O=C(NCc1ccc2c(c1)OCO2)c1cccc(-c2ccc(N3CCCC3)nn2)c1. The molecule has 5 rings (SSSR count). The number of nitrogens with zero attached hydrogens (tertiary/aromatic N) is 3. The monoisotopic (exact) mass is 402 g/mol. The number of aromatic nitrogens is 2. The lowest BCUT2D eigenvalue weighted by atomic mass is 10.1. The Bertz CT molecular complexity index is 1060. The lowest BCUT2D eigenvalue weighted by Gasteiger charge is -2.15. The summed E-state index contributed by atoms with van der Waals surface area (Å²) in [5, 5.41) is 11.7. The number of hydrogen-bond donors (Lipinski definition) is 1. The number of carbonyl (C=O) groups is 1. The average Bonchev–Trinajstić information content (AvgIpc) is 3.49. The maximum Gasteiger partial charge on any atom is 0.251 e. The van der Waals surface area contributed by atoms with Crippen LogP contribution in [0.25, 0.3) is 11.3 Å². The lowest BCUT2D eigenvalue weighted by Crippen LogP contribution is -2.22. The molecule has 30 heavy (non-hydrogen) atoms. The molecule has 1 amide bonds. The number of carbonyl (C=O) groups excluding carboxylic acids is 1. The van der Waals surface area contributed by atoms with Gasteiger partial charge < -0.3 is 19.7 Å². The van der Waals surface area contributed by atoms with Crippen LogP contribution in [0, 0.1) is 0 Å². The smallest absolute Gasteiger partial charge is 0.251 e. The molecule has 7 nitrogen and oxygen atoms in total. The minimum absolute atomic E-state index is 0.142. The Balaban J connectivity index is 1.26. The first-order valence-corrected chi connectivity index (χ1v) is 10.1. The summed E-state index contributed by atoms with van der Waals surface area (Å²) in [4.78, 5) is 14.9. The highest BCUT2D eigenvalue weighted by Gasteiger charge is 2.15. The molecule has 0 bridgehead atoms. The van der Waals surface area contributed by atoms with Gasteiger partial charge in [0.15, 0.2) is 17.3 Å². The van der Waals surface area contributed by atoms with Crippen LogP contribution in [-0.2, 0) is 6.54 Å². The van der Waals surface area contributed by atoms with Gasteiger partial charge >= 0.3 is 0 Å². The molecule has 1 saturated heterocycles. The van der Waals surface area contributed by atoms with Crippen LogP contribution in [0.4, 0.5) is 5.82 Å². The van der Waals surface area contributed by atoms with E-state index in [9.17, 15) is 4.79 Å². The van der Waals surface area contributed by atoms with Crippen molar-refractivity contribution < 1.29 is 14.3 Å². The van der Waals surface area contributed by atoms with E-state index in [4.69, 9.17) is 9.47 Å². The predicted molar refractivity (Wildman–Crippen MR) is 113 cm³/mol. The second-order valence-corrected chi connectivity index (χ2v) is 7.42. The molecule has 3 heterocycles. The highest BCUT2D eigenvalue weighted by atomic mass is 16.7. The van der Waals surface area contributed by atoms with Gasteiger partial charge in [-0.15, -0.1) is 10.2 Å². The molecule has 1 fully saturated rings. The highest BCUT2D eigenvalue weighted by Crippen LogP contribution is 2.32. The molecule has 3 aromatic rings. The third kappa shape index (κ3) is 3.78. The van der Waals surface area contributed by atoms with Crippen LogP contribution in [0.15, 0.2) is 54.6 Å². The topological polar surface area (TPSA) is 76.6 Å². The fourth-order valence-electron chi connectivity index (χ4n) is 3.75. The first-order valence-electron chi connectivity index (χ1n) is 10.1. The first kappa shape index (κ1) is 18.4. The number of benzene rings is 2. The van der Waals surface area contributed by atoms with Crippen molar-refractivity contribution in [2.45, 2.75) is 19.4 Å². The molecule has 1 N–H and O–H groups in total. The molecule has 2 aromatic carbocycles. The van der Waals surface area contributed by atoms with E-state index in [1.54, 1.807) is 6.07 Å². The van der Waals surface area contributed by atoms with Crippen LogP contribution in [0.2, 0.25) is 0 Å². The van der Waals surface area contributed by atoms with Gasteiger partial charge in [0.1, 0.15) is 0 Å². The van der Waals surface area contributed by atoms with Crippen molar-refractivity contribution in [1.29, 1.82) is 0 Å². The second-order valence-electron chi connectivity index (χ2n) is 7.42. The minimum Gasteiger partial charge on any atom is -0.454 e. The van der Waals surface area contributed by atoms with E-state index in [-0.39, 0.29) is 12.7 Å². The van der Waals surface area contributed by atoms with E-state index in [1.165, 1.54) is 12.8 Å². The zero-order chi connectivity index (χ0) is 20.3. The molecule has 1 aromatic heterocycles. The summed E-state index contributed by atoms with van der Waals surface area (Å²) in [6.07, 6.45) is 2.40. The van der Waals surface area contributed by atoms with Crippen molar-refractivity contribution in [3.63, 3.8) is 0 Å². The van der Waals surface area contributed by atoms with Crippen molar-refractivity contribution in [2.24, 2.45) is 0 Å². The van der Waals surface area contributed by atoms with Crippen LogP contribution in [0.5, 0.6) is 11.5 Å². The van der Waals surface area contributed by atoms with Crippen LogP contribution in [0.1, 0.15) is 28.8 Å². The summed E-state index contributed by atoms with van der Waals surface area (Å²) >= 11 is 0. The van der Waals surface area contributed by atoms with Gasteiger partial charge in [-0.05, 0) is 54.8 Å². The van der Waals surface area contributed by atoms with E-state index in [0.717, 1.165) is 41.5 Å². The quantitative estimate of drug-likeness (QED) is 0.705. The normalized spacial score (nSPS) is 14.7. The Morgan fingerprint density at radius 1 is 0.967 bits per heavy atom. The Kier molecular flexibility index (Phi) is 4.93. The van der Waals surface area contributed by atoms with E-state index < -0.39 is 0 Å². The van der Waals surface area contributed by atoms with E-state index in [0.29, 0.717) is 17.9 Å². The molecule has 0 atom stereocenters. The molecule has 152 valence electrons. The molecule has 0 radical (unpaired) electrons. The molecule has 2 aliphatic rings. The van der Waals surface area contributed by atoms with Crippen molar-refractivity contribution in [3.05, 3.63) is 65.7 Å². The second kappa shape index (κ2) is 8.02. The van der Waals surface area contributed by atoms with Gasteiger partial charge in [0.2, 0.25) is 6.79 Å². The largest absolute Gasteiger partial charge is 0.454 e. The van der Waals surface area contributed by atoms with Gasteiger partial charge in [0.05, 0.1) is 5.69 Å². The zero-order valence-corrected chi connectivity index (χ0v) is 16.5. The summed E-state index contributed by atoms with van der Waals surface area (Å²) in [5.74, 6) is 2.21. The maximum absolute atomic E-state index is 12.7. The minimum atomic E-state index is -0.142. The van der Waals surface area contributed by atoms with Gasteiger partial charge in [0, 0.05) is 30.8 Å². The van der Waals surface area contributed by atoms with Crippen LogP contribution < -0.4 is 19.7 Å². The van der Waals surface area contributed by atoms with E-state index >= 15 is 0 Å². The first-order chi connectivity index (χ1) is 14.8. The van der Waals surface area contributed by atoms with Gasteiger partial charge in [-0.3, -0.25) is 4.79 Å². The van der Waals surface area contributed by atoms with Gasteiger partial charge in [-0.25, -0.2) is 0 Å². The Labute approximate surface area is 174 Å². The fourth-order valence-corrected chi connectivity index (χ4v) is 3.75. The molecular weight excluding hydrogens is 380 g/mol. The number of nitrogens with one attached hydrogen (secondary N) is 1. The summed E-state index contributed by atoms with van der Waals surface area (Å²) in [5.41, 5.74) is 3.15. The number of hydrogen-bond acceptors (Lipinski definition) is 6. The third-order valence-corrected chi connectivity index (χ3v) is 5.39.